The zero-order valence-electron chi connectivity index (χ0n) is 17.8. The lowest BCUT2D eigenvalue weighted by Gasteiger charge is -2.29. The number of likely N-dealkylation sites (tertiary alicyclic amines) is 1. The van der Waals surface area contributed by atoms with Crippen molar-refractivity contribution in [2.45, 2.75) is 31.7 Å². The van der Waals surface area contributed by atoms with Gasteiger partial charge in [-0.3, -0.25) is 14.5 Å². The first kappa shape index (κ1) is 20.8. The Kier molecular flexibility index (Phi) is 5.52. The molecular weight excluding hydrogens is 420 g/mol. The van der Waals surface area contributed by atoms with E-state index in [9.17, 15) is 14.4 Å². The van der Waals surface area contributed by atoms with Gasteiger partial charge in [0.2, 0.25) is 18.0 Å². The fourth-order valence-corrected chi connectivity index (χ4v) is 4.19. The number of nitrogens with zero attached hydrogens (tertiary/aromatic N) is 1. The molecule has 3 aromatic carbocycles. The number of benzene rings is 3. The van der Waals surface area contributed by atoms with Crippen LogP contribution in [0.4, 0.5) is 5.69 Å². The highest BCUT2D eigenvalue weighted by Gasteiger charge is 2.46. The second-order valence-electron chi connectivity index (χ2n) is 7.99. The van der Waals surface area contributed by atoms with E-state index in [0.717, 1.165) is 5.56 Å². The van der Waals surface area contributed by atoms with Crippen molar-refractivity contribution in [3.05, 3.63) is 95.6 Å². The van der Waals surface area contributed by atoms with Crippen molar-refractivity contribution >= 4 is 23.5 Å². The number of hydrogen-bond acceptors (Lipinski definition) is 5. The lowest BCUT2D eigenvalue weighted by atomic mass is 10.1. The number of carbonyl (C=O) groups excluding carboxylic acids is 3. The van der Waals surface area contributed by atoms with Gasteiger partial charge in [0.05, 0.1) is 5.56 Å². The van der Waals surface area contributed by atoms with Crippen LogP contribution in [0, 0.1) is 0 Å². The van der Waals surface area contributed by atoms with Crippen LogP contribution in [0.25, 0.3) is 0 Å². The van der Waals surface area contributed by atoms with Crippen molar-refractivity contribution in [3.8, 4) is 5.75 Å². The van der Waals surface area contributed by atoms with E-state index in [1.807, 2.05) is 30.3 Å². The minimum Gasteiger partial charge on any atom is -0.489 e. The van der Waals surface area contributed by atoms with Gasteiger partial charge in [-0.15, -0.1) is 0 Å². The molecule has 0 aromatic heterocycles. The van der Waals surface area contributed by atoms with Gasteiger partial charge < -0.3 is 14.8 Å². The van der Waals surface area contributed by atoms with Crippen LogP contribution >= 0.6 is 0 Å². The van der Waals surface area contributed by atoms with Crippen LogP contribution in [0.3, 0.4) is 0 Å². The predicted octanol–water partition coefficient (Wildman–Crippen LogP) is 4.06. The number of esters is 1. The van der Waals surface area contributed by atoms with E-state index < -0.39 is 18.2 Å². The smallest absolute Gasteiger partial charge is 0.340 e. The van der Waals surface area contributed by atoms with E-state index in [1.54, 1.807) is 48.5 Å². The molecule has 5 rings (SSSR count). The molecule has 3 aromatic rings. The number of carbonyl (C=O) groups is 3. The third-order valence-electron chi connectivity index (χ3n) is 5.85. The Morgan fingerprint density at radius 1 is 0.970 bits per heavy atom. The molecule has 0 unspecified atom stereocenters. The van der Waals surface area contributed by atoms with Crippen LogP contribution < -0.4 is 10.1 Å². The average molecular weight is 442 g/mol. The molecule has 2 atom stereocenters. The number of nitrogens with one attached hydrogen (secondary N) is 1. The van der Waals surface area contributed by atoms with Crippen molar-refractivity contribution in [1.29, 1.82) is 0 Å². The molecule has 7 heteroatoms. The molecule has 0 saturated carbocycles. The van der Waals surface area contributed by atoms with Crippen LogP contribution in [-0.4, -0.2) is 28.7 Å². The summed E-state index contributed by atoms with van der Waals surface area (Å²) in [6.45, 7) is 0.452. The first-order valence-electron chi connectivity index (χ1n) is 10.8. The zero-order valence-corrected chi connectivity index (χ0v) is 17.8. The first-order valence-corrected chi connectivity index (χ1v) is 10.8. The van der Waals surface area contributed by atoms with Crippen LogP contribution in [0.1, 0.15) is 40.6 Å². The lowest BCUT2D eigenvalue weighted by Crippen LogP contribution is -2.43. The molecule has 7 nitrogen and oxygen atoms in total. The summed E-state index contributed by atoms with van der Waals surface area (Å²) < 4.78 is 11.2. The Labute approximate surface area is 190 Å². The number of ether oxygens (including phenoxy) is 2. The van der Waals surface area contributed by atoms with Crippen molar-refractivity contribution in [3.63, 3.8) is 0 Å². The number of anilines is 1. The Bertz CT molecular complexity index is 1190. The van der Waals surface area contributed by atoms with Crippen molar-refractivity contribution < 1.29 is 23.9 Å². The molecule has 1 fully saturated rings. The summed E-state index contributed by atoms with van der Waals surface area (Å²) in [7, 11) is 0. The molecule has 1 saturated heterocycles. The lowest BCUT2D eigenvalue weighted by molar-refractivity contribution is -0.144. The van der Waals surface area contributed by atoms with Crippen LogP contribution in [0.5, 0.6) is 5.75 Å². The van der Waals surface area contributed by atoms with Crippen LogP contribution in [0.15, 0.2) is 78.9 Å². The van der Waals surface area contributed by atoms with Gasteiger partial charge in [-0.1, -0.05) is 48.5 Å². The molecule has 2 amide bonds. The fraction of sp³-hybridized carbons (Fsp3) is 0.192. The summed E-state index contributed by atoms with van der Waals surface area (Å²) in [4.78, 5) is 39.3. The van der Waals surface area contributed by atoms with Gasteiger partial charge in [0.1, 0.15) is 18.4 Å². The SMILES string of the molecule is O=C1O[C@H](N2C(=O)CC[C@@H]2C(=O)Nc2ccc(OCc3ccccc3)cc2)c2ccccc21. The number of cyclic esters (lactones) is 1. The topological polar surface area (TPSA) is 84.9 Å². The Morgan fingerprint density at radius 2 is 1.70 bits per heavy atom. The van der Waals surface area contributed by atoms with E-state index in [-0.39, 0.29) is 18.2 Å². The largest absolute Gasteiger partial charge is 0.489 e. The normalized spacial score (nSPS) is 19.2. The number of rotatable bonds is 6. The molecule has 0 spiro atoms. The van der Waals surface area contributed by atoms with Crippen LogP contribution in [-0.2, 0) is 20.9 Å². The molecule has 0 aliphatic carbocycles. The second kappa shape index (κ2) is 8.78. The molecule has 2 heterocycles. The minimum atomic E-state index is -0.881. The maximum Gasteiger partial charge on any atom is 0.340 e. The van der Waals surface area contributed by atoms with Gasteiger partial charge in [0.15, 0.2) is 0 Å². The number of fused-ring (bicyclic) bond motifs is 1. The summed E-state index contributed by atoms with van der Waals surface area (Å²) in [6, 6.07) is 23.1. The van der Waals surface area contributed by atoms with E-state index in [0.29, 0.717) is 35.6 Å². The first-order chi connectivity index (χ1) is 16.1. The van der Waals surface area contributed by atoms with E-state index in [1.165, 1.54) is 4.90 Å². The summed E-state index contributed by atoms with van der Waals surface area (Å²) >= 11 is 0. The van der Waals surface area contributed by atoms with Crippen molar-refractivity contribution in [1.82, 2.24) is 4.90 Å². The summed E-state index contributed by atoms with van der Waals surface area (Å²) in [6.07, 6.45) is -0.298. The molecule has 33 heavy (non-hydrogen) atoms. The fourth-order valence-electron chi connectivity index (χ4n) is 4.19. The van der Waals surface area contributed by atoms with Crippen molar-refractivity contribution in [2.24, 2.45) is 0 Å². The summed E-state index contributed by atoms with van der Waals surface area (Å²) in [5.74, 6) is -0.335. The summed E-state index contributed by atoms with van der Waals surface area (Å²) in [5.41, 5.74) is 2.69. The average Bonchev–Trinajstić information content (AvgIpc) is 3.39. The van der Waals surface area contributed by atoms with E-state index in [4.69, 9.17) is 9.47 Å². The second-order valence-corrected chi connectivity index (χ2v) is 7.99. The predicted molar refractivity (Wildman–Crippen MR) is 120 cm³/mol. The third-order valence-corrected chi connectivity index (χ3v) is 5.85. The molecule has 0 radical (unpaired) electrons. The third kappa shape index (κ3) is 4.17. The van der Waals surface area contributed by atoms with Gasteiger partial charge >= 0.3 is 5.97 Å². The quantitative estimate of drug-likeness (QED) is 0.582. The van der Waals surface area contributed by atoms with E-state index >= 15 is 0 Å². The molecule has 2 aliphatic heterocycles. The van der Waals surface area contributed by atoms with Gasteiger partial charge in [0, 0.05) is 17.7 Å². The molecular formula is C26H22N2O5. The highest BCUT2D eigenvalue weighted by atomic mass is 16.6. The number of hydrogen-bond donors (Lipinski definition) is 1. The Balaban J connectivity index is 1.25. The van der Waals surface area contributed by atoms with Gasteiger partial charge in [-0.2, -0.15) is 0 Å². The molecule has 166 valence electrons. The number of amides is 2. The Hall–Kier alpha value is -4.13. The highest BCUT2D eigenvalue weighted by Crippen LogP contribution is 2.38. The molecule has 1 N–H and O–H groups in total. The zero-order chi connectivity index (χ0) is 22.8. The van der Waals surface area contributed by atoms with Gasteiger partial charge in [-0.25, -0.2) is 4.79 Å². The van der Waals surface area contributed by atoms with Gasteiger partial charge in [0.25, 0.3) is 0 Å². The summed E-state index contributed by atoms with van der Waals surface area (Å²) in [5, 5.41) is 2.87. The van der Waals surface area contributed by atoms with Gasteiger partial charge in [-0.05, 0) is 42.3 Å². The highest BCUT2D eigenvalue weighted by molar-refractivity contribution is 6.00. The monoisotopic (exact) mass is 442 g/mol. The van der Waals surface area contributed by atoms with E-state index in [2.05, 4.69) is 5.32 Å². The molecule has 2 aliphatic rings. The standard InChI is InChI=1S/C26H22N2O5/c29-23-15-14-22(28(23)25-20-8-4-5-9-21(20)26(31)33-25)24(30)27-18-10-12-19(13-11-18)32-16-17-6-2-1-3-7-17/h1-13,22,25H,14-16H2,(H,27,30)/t22-,25+/m1/s1. The maximum absolute atomic E-state index is 13.0. The Morgan fingerprint density at radius 3 is 2.48 bits per heavy atom. The maximum atomic E-state index is 13.0. The van der Waals surface area contributed by atoms with Crippen LogP contribution in [0.2, 0.25) is 0 Å². The molecule has 0 bridgehead atoms. The minimum absolute atomic E-state index is 0.214. The van der Waals surface area contributed by atoms with Crippen molar-refractivity contribution in [2.75, 3.05) is 5.32 Å².